The Balaban J connectivity index is 1.30. The number of aromatic nitrogens is 3. The topological polar surface area (TPSA) is 66.4 Å². The Labute approximate surface area is 204 Å². The van der Waals surface area contributed by atoms with Crippen LogP contribution < -0.4 is 15.0 Å². The molecule has 0 aliphatic carbocycles. The fourth-order valence-corrected chi connectivity index (χ4v) is 6.75. The van der Waals surface area contributed by atoms with Gasteiger partial charge in [0, 0.05) is 36.9 Å². The maximum Gasteiger partial charge on any atom is 0.319 e. The van der Waals surface area contributed by atoms with Crippen LogP contribution in [0.25, 0.3) is 22.2 Å². The highest BCUT2D eigenvalue weighted by atomic mass is 19.1. The van der Waals surface area contributed by atoms with Gasteiger partial charge in [-0.05, 0) is 51.6 Å². The largest absolute Gasteiger partial charge is 0.461 e. The van der Waals surface area contributed by atoms with Gasteiger partial charge in [-0.1, -0.05) is 30.3 Å². The van der Waals surface area contributed by atoms with Crippen molar-refractivity contribution in [2.24, 2.45) is 0 Å². The number of benzene rings is 1. The number of ether oxygens (including phenoxy) is 1. The standard InChI is InChI=1S/C27H31FN6O/c28-22-23(18-6-2-1-3-7-18)29-14-21-24(22)31-26(35-17-27-10-4-12-34(27)13-5-11-27)32-25(21)33-15-19-8-9-20(16-33)30-19/h1-3,6-7,14,19-20,30H,4-5,8-13,15-17H2. The predicted molar refractivity (Wildman–Crippen MR) is 133 cm³/mol. The first kappa shape index (κ1) is 21.4. The molecule has 6 heterocycles. The fourth-order valence-electron chi connectivity index (χ4n) is 6.75. The number of piperazine rings is 1. The summed E-state index contributed by atoms with van der Waals surface area (Å²) in [6, 6.07) is 10.6. The van der Waals surface area contributed by atoms with Gasteiger partial charge in [0.2, 0.25) is 0 Å². The van der Waals surface area contributed by atoms with Crippen LogP contribution in [0, 0.1) is 5.82 Å². The zero-order chi connectivity index (χ0) is 23.4. The van der Waals surface area contributed by atoms with Crippen LogP contribution in [0.4, 0.5) is 10.2 Å². The fraction of sp³-hybridized carbons (Fsp3) is 0.519. The van der Waals surface area contributed by atoms with Gasteiger partial charge in [-0.25, -0.2) is 4.39 Å². The SMILES string of the molecule is Fc1c(-c2ccccc2)ncc2c(N3CC4CCC(C3)N4)nc(OCC34CCCN3CCC4)nc12. The lowest BCUT2D eigenvalue weighted by Gasteiger charge is -2.34. The molecule has 0 radical (unpaired) electrons. The average Bonchev–Trinajstić information content (AvgIpc) is 3.57. The summed E-state index contributed by atoms with van der Waals surface area (Å²) >= 11 is 0. The van der Waals surface area contributed by atoms with Crippen LogP contribution in [0.5, 0.6) is 6.01 Å². The van der Waals surface area contributed by atoms with Gasteiger partial charge in [-0.3, -0.25) is 9.88 Å². The first-order valence-electron chi connectivity index (χ1n) is 13.0. The first-order chi connectivity index (χ1) is 17.2. The summed E-state index contributed by atoms with van der Waals surface area (Å²) in [5.41, 5.74) is 1.42. The van der Waals surface area contributed by atoms with Crippen LogP contribution >= 0.6 is 0 Å². The van der Waals surface area contributed by atoms with Gasteiger partial charge in [-0.15, -0.1) is 0 Å². The molecule has 8 heteroatoms. The van der Waals surface area contributed by atoms with E-state index in [1.54, 1.807) is 6.20 Å². The molecule has 0 saturated carbocycles. The smallest absolute Gasteiger partial charge is 0.319 e. The van der Waals surface area contributed by atoms with E-state index >= 15 is 4.39 Å². The van der Waals surface area contributed by atoms with E-state index in [2.05, 4.69) is 25.1 Å². The van der Waals surface area contributed by atoms with E-state index in [-0.39, 0.29) is 17.1 Å². The second-order valence-corrected chi connectivity index (χ2v) is 10.6. The van der Waals surface area contributed by atoms with Crippen molar-refractivity contribution in [1.29, 1.82) is 0 Å². The number of nitrogens with one attached hydrogen (secondary N) is 1. The molecular weight excluding hydrogens is 443 g/mol. The minimum Gasteiger partial charge on any atom is -0.461 e. The molecule has 2 atom stereocenters. The summed E-state index contributed by atoms with van der Waals surface area (Å²) in [5, 5.41) is 4.32. The molecule has 182 valence electrons. The highest BCUT2D eigenvalue weighted by molar-refractivity contribution is 5.92. The van der Waals surface area contributed by atoms with Crippen molar-refractivity contribution >= 4 is 16.7 Å². The van der Waals surface area contributed by atoms with Crippen molar-refractivity contribution in [3.63, 3.8) is 0 Å². The molecule has 4 aliphatic heterocycles. The Kier molecular flexibility index (Phi) is 5.13. The minimum atomic E-state index is -0.415. The van der Waals surface area contributed by atoms with Gasteiger partial charge in [0.1, 0.15) is 23.6 Å². The van der Waals surface area contributed by atoms with Crippen molar-refractivity contribution in [3.05, 3.63) is 42.3 Å². The minimum absolute atomic E-state index is 0.0820. The molecule has 4 fully saturated rings. The molecule has 35 heavy (non-hydrogen) atoms. The number of anilines is 1. The molecule has 2 unspecified atom stereocenters. The van der Waals surface area contributed by atoms with Gasteiger partial charge in [0.05, 0.1) is 10.9 Å². The molecule has 0 amide bonds. The summed E-state index contributed by atoms with van der Waals surface area (Å²) in [6.07, 6.45) is 8.76. The van der Waals surface area contributed by atoms with Crippen LogP contribution in [0.15, 0.2) is 36.5 Å². The quantitative estimate of drug-likeness (QED) is 0.604. The van der Waals surface area contributed by atoms with Crippen LogP contribution in [-0.2, 0) is 0 Å². The second-order valence-electron chi connectivity index (χ2n) is 10.6. The monoisotopic (exact) mass is 474 g/mol. The molecule has 4 saturated heterocycles. The van der Waals surface area contributed by atoms with E-state index in [9.17, 15) is 0 Å². The van der Waals surface area contributed by atoms with Crippen molar-refractivity contribution < 1.29 is 9.13 Å². The summed E-state index contributed by atoms with van der Waals surface area (Å²) in [5.74, 6) is 0.323. The zero-order valence-corrected chi connectivity index (χ0v) is 19.9. The van der Waals surface area contributed by atoms with Gasteiger partial charge in [0.15, 0.2) is 5.82 Å². The lowest BCUT2D eigenvalue weighted by Crippen LogP contribution is -2.51. The van der Waals surface area contributed by atoms with Crippen molar-refractivity contribution in [1.82, 2.24) is 25.2 Å². The van der Waals surface area contributed by atoms with Crippen molar-refractivity contribution in [2.75, 3.05) is 37.7 Å². The molecule has 3 aromatic rings. The van der Waals surface area contributed by atoms with Gasteiger partial charge in [-0.2, -0.15) is 9.97 Å². The molecule has 0 spiro atoms. The van der Waals surface area contributed by atoms with E-state index in [0.717, 1.165) is 63.2 Å². The zero-order valence-electron chi connectivity index (χ0n) is 19.9. The van der Waals surface area contributed by atoms with E-state index < -0.39 is 5.82 Å². The maximum atomic E-state index is 16.0. The van der Waals surface area contributed by atoms with Crippen LogP contribution in [0.2, 0.25) is 0 Å². The normalized spacial score (nSPS) is 25.3. The number of hydrogen-bond acceptors (Lipinski definition) is 7. The molecule has 2 aromatic heterocycles. The number of hydrogen-bond donors (Lipinski definition) is 1. The summed E-state index contributed by atoms with van der Waals surface area (Å²) in [7, 11) is 0. The van der Waals surface area contributed by atoms with Gasteiger partial charge < -0.3 is 15.0 Å². The maximum absolute atomic E-state index is 16.0. The molecule has 2 bridgehead atoms. The Morgan fingerprint density at radius 3 is 2.51 bits per heavy atom. The Morgan fingerprint density at radius 2 is 1.77 bits per heavy atom. The van der Waals surface area contributed by atoms with Crippen LogP contribution in [0.1, 0.15) is 38.5 Å². The van der Waals surface area contributed by atoms with Gasteiger partial charge in [0.25, 0.3) is 0 Å². The third-order valence-corrected chi connectivity index (χ3v) is 8.49. The van der Waals surface area contributed by atoms with Crippen molar-refractivity contribution in [3.8, 4) is 17.3 Å². The third kappa shape index (κ3) is 3.65. The lowest BCUT2D eigenvalue weighted by molar-refractivity contribution is 0.108. The molecule has 7 rings (SSSR count). The number of halogens is 1. The van der Waals surface area contributed by atoms with E-state index in [1.165, 1.54) is 12.8 Å². The number of pyridine rings is 1. The highest BCUT2D eigenvalue weighted by Crippen LogP contribution is 2.39. The second kappa shape index (κ2) is 8.38. The van der Waals surface area contributed by atoms with Gasteiger partial charge >= 0.3 is 6.01 Å². The molecular formula is C27H31FN6O. The summed E-state index contributed by atoms with van der Waals surface area (Å²) in [6.45, 7) is 4.53. The Hall–Kier alpha value is -2.84. The van der Waals surface area contributed by atoms with Crippen molar-refractivity contribution in [2.45, 2.75) is 56.1 Å². The first-order valence-corrected chi connectivity index (χ1v) is 13.0. The van der Waals surface area contributed by atoms with Crippen LogP contribution in [-0.4, -0.2) is 70.3 Å². The molecule has 1 N–H and O–H groups in total. The summed E-state index contributed by atoms with van der Waals surface area (Å²) < 4.78 is 22.3. The Bertz CT molecular complexity index is 1230. The number of nitrogens with zero attached hydrogens (tertiary/aromatic N) is 5. The average molecular weight is 475 g/mol. The Morgan fingerprint density at radius 1 is 1.03 bits per heavy atom. The van der Waals surface area contributed by atoms with Crippen LogP contribution in [0.3, 0.4) is 0 Å². The molecule has 4 aliphatic rings. The third-order valence-electron chi connectivity index (χ3n) is 8.49. The van der Waals surface area contributed by atoms with E-state index in [4.69, 9.17) is 9.72 Å². The summed E-state index contributed by atoms with van der Waals surface area (Å²) in [4.78, 5) is 18.9. The predicted octanol–water partition coefficient (Wildman–Crippen LogP) is 3.78. The number of fused-ring (bicyclic) bond motifs is 4. The molecule has 7 nitrogen and oxygen atoms in total. The number of rotatable bonds is 5. The highest BCUT2D eigenvalue weighted by Gasteiger charge is 2.45. The van der Waals surface area contributed by atoms with E-state index in [1.807, 2.05) is 30.3 Å². The van der Waals surface area contributed by atoms with E-state index in [0.29, 0.717) is 29.8 Å². The lowest BCUT2D eigenvalue weighted by atomic mass is 9.95. The molecule has 1 aromatic carbocycles.